The molecule has 1 atom stereocenters. The Morgan fingerprint density at radius 2 is 1.93 bits per heavy atom. The highest BCUT2D eigenvalue weighted by Gasteiger charge is 2.30. The van der Waals surface area contributed by atoms with Crippen LogP contribution in [0.4, 0.5) is 0 Å². The van der Waals surface area contributed by atoms with Gasteiger partial charge in [0.05, 0.1) is 11.5 Å². The number of nitrogens with two attached hydrogens (primary N) is 2. The van der Waals surface area contributed by atoms with Gasteiger partial charge >= 0.3 is 0 Å². The van der Waals surface area contributed by atoms with E-state index in [0.29, 0.717) is 0 Å². The Hall–Kier alpha value is -0.730. The van der Waals surface area contributed by atoms with Crippen molar-refractivity contribution in [3.05, 3.63) is 0 Å². The molecule has 0 aliphatic rings. The van der Waals surface area contributed by atoms with Gasteiger partial charge in [-0.25, -0.2) is 8.42 Å². The monoisotopic (exact) mass is 253 g/mol. The number of carbonyl (C=O) groups is 1. The fourth-order valence-electron chi connectivity index (χ4n) is 0.926. The van der Waals surface area contributed by atoms with E-state index in [1.165, 1.54) is 6.92 Å². The molecule has 0 aromatic carbocycles. The molecule has 0 heterocycles. The molecule has 0 aliphatic carbocycles. The van der Waals surface area contributed by atoms with E-state index >= 15 is 0 Å². The molecule has 0 saturated carbocycles. The van der Waals surface area contributed by atoms with Gasteiger partial charge in [-0.05, 0) is 6.92 Å². The third kappa shape index (κ3) is 3.73. The van der Waals surface area contributed by atoms with Crippen LogP contribution in [0.3, 0.4) is 0 Å². The topological polar surface area (TPSA) is 106 Å². The van der Waals surface area contributed by atoms with Gasteiger partial charge in [0.1, 0.15) is 5.25 Å². The Labute approximate surface area is 94.6 Å². The third-order valence-corrected chi connectivity index (χ3v) is 4.65. The minimum absolute atomic E-state index is 0.127. The average Bonchev–Trinajstić information content (AvgIpc) is 2.11. The molecule has 8 heteroatoms. The Morgan fingerprint density at radius 3 is 2.20 bits per heavy atom. The zero-order valence-corrected chi connectivity index (χ0v) is 10.3. The van der Waals surface area contributed by atoms with Crippen LogP contribution >= 0.6 is 12.2 Å². The fraction of sp³-hybridized carbons (Fsp3) is 0.714. The van der Waals surface area contributed by atoms with Crippen LogP contribution < -0.4 is 11.5 Å². The largest absolute Gasteiger partial charge is 0.392 e. The number of hydrogen-bond donors (Lipinski definition) is 2. The van der Waals surface area contributed by atoms with E-state index in [9.17, 15) is 13.2 Å². The molecule has 1 unspecified atom stereocenters. The summed E-state index contributed by atoms with van der Waals surface area (Å²) in [6.07, 6.45) is 0. The van der Waals surface area contributed by atoms with Crippen molar-refractivity contribution in [3.63, 3.8) is 0 Å². The molecule has 88 valence electrons. The second-order valence-corrected chi connectivity index (χ2v) is 5.71. The van der Waals surface area contributed by atoms with E-state index in [0.717, 1.165) is 4.31 Å². The first-order valence-corrected chi connectivity index (χ1v) is 6.21. The SMILES string of the molecule is CCN(CC(N)=O)S(=O)(=O)C(C)C(N)=S. The first kappa shape index (κ1) is 14.3. The Bertz CT molecular complexity index is 352. The van der Waals surface area contributed by atoms with Gasteiger partial charge in [0, 0.05) is 6.54 Å². The number of primary amides is 1. The highest BCUT2D eigenvalue weighted by Crippen LogP contribution is 2.08. The predicted molar refractivity (Wildman–Crippen MR) is 61.6 cm³/mol. The molecule has 0 spiro atoms. The molecule has 1 amide bonds. The first-order chi connectivity index (χ1) is 6.73. The minimum Gasteiger partial charge on any atom is -0.392 e. The van der Waals surface area contributed by atoms with Gasteiger partial charge in [0.25, 0.3) is 0 Å². The molecule has 0 fully saturated rings. The Balaban J connectivity index is 4.97. The van der Waals surface area contributed by atoms with Crippen molar-refractivity contribution in [2.45, 2.75) is 19.1 Å². The van der Waals surface area contributed by atoms with Crippen LogP contribution in [0.2, 0.25) is 0 Å². The normalized spacial score (nSPS) is 13.8. The second-order valence-electron chi connectivity index (χ2n) is 2.98. The van der Waals surface area contributed by atoms with Crippen molar-refractivity contribution in [1.82, 2.24) is 4.31 Å². The van der Waals surface area contributed by atoms with Crippen LogP contribution in [0.1, 0.15) is 13.8 Å². The van der Waals surface area contributed by atoms with Gasteiger partial charge in [-0.2, -0.15) is 4.31 Å². The summed E-state index contributed by atoms with van der Waals surface area (Å²) in [5.41, 5.74) is 10.2. The lowest BCUT2D eigenvalue weighted by Gasteiger charge is -2.22. The fourth-order valence-corrected chi connectivity index (χ4v) is 2.70. The zero-order chi connectivity index (χ0) is 12.2. The maximum Gasteiger partial charge on any atom is 0.232 e. The lowest BCUT2D eigenvalue weighted by molar-refractivity contribution is -0.118. The van der Waals surface area contributed by atoms with E-state index in [1.54, 1.807) is 6.92 Å². The number of thiocarbonyl (C=S) groups is 1. The highest BCUT2D eigenvalue weighted by atomic mass is 32.2. The van der Waals surface area contributed by atoms with E-state index in [4.69, 9.17) is 11.5 Å². The average molecular weight is 253 g/mol. The Kier molecular flexibility index (Phi) is 5.12. The lowest BCUT2D eigenvalue weighted by atomic mass is 10.5. The van der Waals surface area contributed by atoms with Crippen LogP contribution in [-0.4, -0.2) is 42.0 Å². The summed E-state index contributed by atoms with van der Waals surface area (Å²) in [5, 5.41) is -0.994. The number of nitrogens with zero attached hydrogens (tertiary/aromatic N) is 1. The molecule has 0 bridgehead atoms. The summed E-state index contributed by atoms with van der Waals surface area (Å²) in [5.74, 6) is -0.712. The lowest BCUT2D eigenvalue weighted by Crippen LogP contribution is -2.46. The highest BCUT2D eigenvalue weighted by molar-refractivity contribution is 7.92. The summed E-state index contributed by atoms with van der Waals surface area (Å²) in [7, 11) is -3.68. The molecule has 0 aromatic rings. The summed E-state index contributed by atoms with van der Waals surface area (Å²) < 4.78 is 24.5. The summed E-state index contributed by atoms with van der Waals surface area (Å²) in [6.45, 7) is 2.78. The molecule has 0 aliphatic heterocycles. The van der Waals surface area contributed by atoms with Crippen molar-refractivity contribution in [2.75, 3.05) is 13.1 Å². The zero-order valence-electron chi connectivity index (χ0n) is 8.63. The van der Waals surface area contributed by atoms with Crippen LogP contribution in [0.25, 0.3) is 0 Å². The predicted octanol–water partition coefficient (Wildman–Crippen LogP) is -1.20. The van der Waals surface area contributed by atoms with Crippen molar-refractivity contribution in [2.24, 2.45) is 11.5 Å². The molecule has 0 aromatic heterocycles. The maximum absolute atomic E-state index is 11.8. The first-order valence-electron chi connectivity index (χ1n) is 4.30. The van der Waals surface area contributed by atoms with Gasteiger partial charge in [0.2, 0.25) is 15.9 Å². The number of rotatable bonds is 6. The van der Waals surface area contributed by atoms with E-state index < -0.39 is 21.2 Å². The van der Waals surface area contributed by atoms with Crippen LogP contribution in [0.15, 0.2) is 0 Å². The van der Waals surface area contributed by atoms with Gasteiger partial charge in [-0.15, -0.1) is 0 Å². The van der Waals surface area contributed by atoms with Crippen molar-refractivity contribution in [3.8, 4) is 0 Å². The number of sulfonamides is 1. The molecule has 15 heavy (non-hydrogen) atoms. The van der Waals surface area contributed by atoms with E-state index in [1.807, 2.05) is 0 Å². The number of hydrogen-bond acceptors (Lipinski definition) is 4. The van der Waals surface area contributed by atoms with Crippen LogP contribution in [0.5, 0.6) is 0 Å². The van der Waals surface area contributed by atoms with Crippen LogP contribution in [0, 0.1) is 0 Å². The standard InChI is InChI=1S/C7H15N3O3S2/c1-3-10(4-6(8)11)15(12,13)5(2)7(9)14/h5H,3-4H2,1-2H3,(H2,8,11)(H2,9,14). The molecular formula is C7H15N3O3S2. The molecule has 0 radical (unpaired) electrons. The quantitative estimate of drug-likeness (QED) is 0.578. The number of carbonyl (C=O) groups excluding carboxylic acids is 1. The van der Waals surface area contributed by atoms with E-state index in [2.05, 4.69) is 12.2 Å². The number of amides is 1. The van der Waals surface area contributed by atoms with Crippen molar-refractivity contribution < 1.29 is 13.2 Å². The van der Waals surface area contributed by atoms with Crippen molar-refractivity contribution in [1.29, 1.82) is 0 Å². The molecule has 4 N–H and O–H groups in total. The van der Waals surface area contributed by atoms with Gasteiger partial charge in [0.15, 0.2) is 0 Å². The minimum atomic E-state index is -3.68. The smallest absolute Gasteiger partial charge is 0.232 e. The summed E-state index contributed by atoms with van der Waals surface area (Å²) >= 11 is 4.60. The molecular weight excluding hydrogens is 238 g/mol. The second kappa shape index (κ2) is 5.38. The molecule has 0 saturated heterocycles. The van der Waals surface area contributed by atoms with Gasteiger partial charge < -0.3 is 11.5 Å². The molecule has 0 rings (SSSR count). The number of likely N-dealkylation sites (N-methyl/N-ethyl adjacent to an activating group) is 1. The molecule has 6 nitrogen and oxygen atoms in total. The summed E-state index contributed by atoms with van der Waals surface area (Å²) in [4.78, 5) is 10.5. The van der Waals surface area contributed by atoms with Gasteiger partial charge in [-0.3, -0.25) is 4.79 Å². The third-order valence-electron chi connectivity index (χ3n) is 1.89. The Morgan fingerprint density at radius 1 is 1.47 bits per heavy atom. The summed E-state index contributed by atoms with van der Waals surface area (Å²) in [6, 6.07) is 0. The van der Waals surface area contributed by atoms with Crippen LogP contribution in [-0.2, 0) is 14.8 Å². The van der Waals surface area contributed by atoms with Crippen molar-refractivity contribution >= 4 is 33.1 Å². The van der Waals surface area contributed by atoms with Gasteiger partial charge in [-0.1, -0.05) is 19.1 Å². The maximum atomic E-state index is 11.8. The van der Waals surface area contributed by atoms with E-state index in [-0.39, 0.29) is 18.1 Å².